The average molecular weight is 287 g/mol. The van der Waals surface area contributed by atoms with Crippen LogP contribution in [-0.4, -0.2) is 32.7 Å². The minimum absolute atomic E-state index is 0.335. The third-order valence-corrected chi connectivity index (χ3v) is 3.71. The van der Waals surface area contributed by atoms with Gasteiger partial charge < -0.3 is 9.52 Å². The number of benzene rings is 1. The average Bonchev–Trinajstić information content (AvgIpc) is 2.94. The first kappa shape index (κ1) is 13.8. The van der Waals surface area contributed by atoms with E-state index >= 15 is 0 Å². The Morgan fingerprint density at radius 1 is 1.33 bits per heavy atom. The Labute approximate surface area is 122 Å². The van der Waals surface area contributed by atoms with Gasteiger partial charge in [0.05, 0.1) is 12.1 Å². The summed E-state index contributed by atoms with van der Waals surface area (Å²) in [7, 11) is 0. The van der Waals surface area contributed by atoms with Crippen molar-refractivity contribution in [2.75, 3.05) is 6.54 Å². The summed E-state index contributed by atoms with van der Waals surface area (Å²) in [6.45, 7) is 4.19. The standard InChI is InChI=1S/C15H17N3O3/c1-2-13-16-17-14(21-13)9-18-6-5-10-3-4-11(15(19)20)7-12(10)8-18/h3-4,7H,2,5-6,8-9H2,1H3,(H,19,20). The molecule has 1 aliphatic rings. The topological polar surface area (TPSA) is 79.5 Å². The second-order valence-corrected chi connectivity index (χ2v) is 5.19. The first-order chi connectivity index (χ1) is 10.2. The maximum Gasteiger partial charge on any atom is 0.335 e. The van der Waals surface area contributed by atoms with E-state index in [4.69, 9.17) is 9.52 Å². The van der Waals surface area contributed by atoms with Gasteiger partial charge in [0.15, 0.2) is 0 Å². The van der Waals surface area contributed by atoms with Crippen LogP contribution in [0.3, 0.4) is 0 Å². The van der Waals surface area contributed by atoms with Crippen molar-refractivity contribution in [1.82, 2.24) is 15.1 Å². The third-order valence-electron chi connectivity index (χ3n) is 3.71. The molecule has 1 aromatic carbocycles. The number of carbonyl (C=O) groups is 1. The van der Waals surface area contributed by atoms with E-state index in [2.05, 4.69) is 15.1 Å². The van der Waals surface area contributed by atoms with Gasteiger partial charge in [-0.15, -0.1) is 10.2 Å². The predicted octanol–water partition coefficient (Wildman–Crippen LogP) is 1.89. The van der Waals surface area contributed by atoms with Crippen LogP contribution in [-0.2, 0) is 25.9 Å². The molecule has 0 amide bonds. The lowest BCUT2D eigenvalue weighted by Gasteiger charge is -2.27. The molecule has 1 aliphatic heterocycles. The molecule has 0 atom stereocenters. The van der Waals surface area contributed by atoms with Crippen LogP contribution in [0.25, 0.3) is 0 Å². The summed E-state index contributed by atoms with van der Waals surface area (Å²) in [6, 6.07) is 5.34. The number of carboxylic acids is 1. The largest absolute Gasteiger partial charge is 0.478 e. The van der Waals surface area contributed by atoms with E-state index in [9.17, 15) is 4.79 Å². The molecule has 1 N–H and O–H groups in total. The monoisotopic (exact) mass is 287 g/mol. The van der Waals surface area contributed by atoms with E-state index in [0.29, 0.717) is 30.4 Å². The number of rotatable bonds is 4. The van der Waals surface area contributed by atoms with Gasteiger partial charge in [-0.2, -0.15) is 0 Å². The van der Waals surface area contributed by atoms with Crippen molar-refractivity contribution in [2.24, 2.45) is 0 Å². The molecule has 3 rings (SSSR count). The van der Waals surface area contributed by atoms with E-state index in [1.807, 2.05) is 13.0 Å². The summed E-state index contributed by atoms with van der Waals surface area (Å²) in [5.41, 5.74) is 2.62. The number of fused-ring (bicyclic) bond motifs is 1. The zero-order valence-electron chi connectivity index (χ0n) is 11.9. The van der Waals surface area contributed by atoms with Crippen LogP contribution in [0, 0.1) is 0 Å². The SMILES string of the molecule is CCc1nnc(CN2CCc3ccc(C(=O)O)cc3C2)o1. The van der Waals surface area contributed by atoms with Gasteiger partial charge in [0, 0.05) is 19.5 Å². The second-order valence-electron chi connectivity index (χ2n) is 5.19. The van der Waals surface area contributed by atoms with Crippen LogP contribution in [0.1, 0.15) is 40.2 Å². The van der Waals surface area contributed by atoms with Crippen molar-refractivity contribution in [3.63, 3.8) is 0 Å². The molecule has 0 bridgehead atoms. The quantitative estimate of drug-likeness (QED) is 0.925. The smallest absolute Gasteiger partial charge is 0.335 e. The Morgan fingerprint density at radius 2 is 2.14 bits per heavy atom. The highest BCUT2D eigenvalue weighted by Gasteiger charge is 2.19. The molecule has 6 heteroatoms. The van der Waals surface area contributed by atoms with Gasteiger partial charge in [-0.3, -0.25) is 4.90 Å². The minimum atomic E-state index is -0.889. The molecule has 110 valence electrons. The lowest BCUT2D eigenvalue weighted by atomic mass is 9.97. The second kappa shape index (κ2) is 5.65. The highest BCUT2D eigenvalue weighted by molar-refractivity contribution is 5.87. The van der Waals surface area contributed by atoms with Crippen LogP contribution in [0.4, 0.5) is 0 Å². The molecule has 2 heterocycles. The van der Waals surface area contributed by atoms with Crippen molar-refractivity contribution in [1.29, 1.82) is 0 Å². The molecular weight excluding hydrogens is 270 g/mol. The Kier molecular flexibility index (Phi) is 3.70. The van der Waals surface area contributed by atoms with E-state index in [-0.39, 0.29) is 0 Å². The molecule has 1 aromatic heterocycles. The summed E-state index contributed by atoms with van der Waals surface area (Å²) in [5.74, 6) is 0.375. The van der Waals surface area contributed by atoms with E-state index < -0.39 is 5.97 Å². The zero-order valence-corrected chi connectivity index (χ0v) is 11.9. The Morgan fingerprint density at radius 3 is 2.86 bits per heavy atom. The van der Waals surface area contributed by atoms with E-state index in [1.165, 1.54) is 5.56 Å². The van der Waals surface area contributed by atoms with E-state index in [1.54, 1.807) is 12.1 Å². The van der Waals surface area contributed by atoms with Gasteiger partial charge in [-0.25, -0.2) is 4.79 Å². The van der Waals surface area contributed by atoms with Crippen molar-refractivity contribution in [3.05, 3.63) is 46.7 Å². The maximum atomic E-state index is 11.0. The normalized spacial score (nSPS) is 14.9. The molecule has 0 fully saturated rings. The summed E-state index contributed by atoms with van der Waals surface area (Å²) >= 11 is 0. The first-order valence-corrected chi connectivity index (χ1v) is 7.04. The highest BCUT2D eigenvalue weighted by Crippen LogP contribution is 2.21. The Bertz CT molecular complexity index is 666. The molecule has 0 radical (unpaired) electrons. The minimum Gasteiger partial charge on any atom is -0.478 e. The third kappa shape index (κ3) is 2.95. The van der Waals surface area contributed by atoms with Gasteiger partial charge in [0.1, 0.15) is 0 Å². The molecule has 0 aliphatic carbocycles. The number of nitrogens with zero attached hydrogens (tertiary/aromatic N) is 3. The molecular formula is C15H17N3O3. The van der Waals surface area contributed by atoms with Gasteiger partial charge >= 0.3 is 5.97 Å². The lowest BCUT2D eigenvalue weighted by Crippen LogP contribution is -2.30. The predicted molar refractivity (Wildman–Crippen MR) is 74.9 cm³/mol. The molecule has 21 heavy (non-hydrogen) atoms. The molecule has 6 nitrogen and oxygen atoms in total. The number of hydrogen-bond acceptors (Lipinski definition) is 5. The number of aryl methyl sites for hydroxylation is 1. The molecule has 0 spiro atoms. The molecule has 0 saturated heterocycles. The van der Waals surface area contributed by atoms with Gasteiger partial charge in [-0.05, 0) is 29.7 Å². The summed E-state index contributed by atoms with van der Waals surface area (Å²) in [4.78, 5) is 13.2. The lowest BCUT2D eigenvalue weighted by molar-refractivity contribution is 0.0696. The summed E-state index contributed by atoms with van der Waals surface area (Å²) < 4.78 is 5.53. The van der Waals surface area contributed by atoms with Gasteiger partial charge in [-0.1, -0.05) is 13.0 Å². The van der Waals surface area contributed by atoms with Gasteiger partial charge in [0.2, 0.25) is 11.8 Å². The van der Waals surface area contributed by atoms with Crippen LogP contribution in [0.5, 0.6) is 0 Å². The van der Waals surface area contributed by atoms with Crippen LogP contribution >= 0.6 is 0 Å². The number of carboxylic acid groups (broad SMARTS) is 1. The Balaban J connectivity index is 1.73. The van der Waals surface area contributed by atoms with Crippen molar-refractivity contribution >= 4 is 5.97 Å². The van der Waals surface area contributed by atoms with Crippen molar-refractivity contribution < 1.29 is 14.3 Å². The van der Waals surface area contributed by atoms with Gasteiger partial charge in [0.25, 0.3) is 0 Å². The molecule has 0 saturated carbocycles. The van der Waals surface area contributed by atoms with Crippen LogP contribution in [0.2, 0.25) is 0 Å². The van der Waals surface area contributed by atoms with Crippen molar-refractivity contribution in [2.45, 2.75) is 32.9 Å². The fourth-order valence-electron chi connectivity index (χ4n) is 2.57. The summed E-state index contributed by atoms with van der Waals surface area (Å²) in [6.07, 6.45) is 1.64. The first-order valence-electron chi connectivity index (χ1n) is 7.04. The van der Waals surface area contributed by atoms with Crippen LogP contribution < -0.4 is 0 Å². The fraction of sp³-hybridized carbons (Fsp3) is 0.400. The number of hydrogen-bond donors (Lipinski definition) is 1. The van der Waals surface area contributed by atoms with Crippen LogP contribution in [0.15, 0.2) is 22.6 Å². The zero-order chi connectivity index (χ0) is 14.8. The number of aromatic nitrogens is 2. The highest BCUT2D eigenvalue weighted by atomic mass is 16.4. The molecule has 0 unspecified atom stereocenters. The fourth-order valence-corrected chi connectivity index (χ4v) is 2.57. The van der Waals surface area contributed by atoms with Crippen molar-refractivity contribution in [3.8, 4) is 0 Å². The summed E-state index contributed by atoms with van der Waals surface area (Å²) in [5, 5.41) is 17.1. The number of aromatic carboxylic acids is 1. The van der Waals surface area contributed by atoms with E-state index in [0.717, 1.165) is 24.9 Å². The Hall–Kier alpha value is -2.21. The molecule has 2 aromatic rings. The maximum absolute atomic E-state index is 11.0.